The van der Waals surface area contributed by atoms with Crippen molar-refractivity contribution in [1.29, 1.82) is 0 Å². The van der Waals surface area contributed by atoms with Gasteiger partial charge in [0.15, 0.2) is 5.82 Å². The lowest BCUT2D eigenvalue weighted by Gasteiger charge is -2.49. The molecule has 0 N–H and O–H groups in total. The van der Waals surface area contributed by atoms with Crippen LogP contribution in [-0.2, 0) is 0 Å². The van der Waals surface area contributed by atoms with E-state index in [2.05, 4.69) is 19.9 Å². The molecule has 0 unspecified atom stereocenters. The van der Waals surface area contributed by atoms with Crippen LogP contribution in [0.5, 0.6) is 5.88 Å². The molecule has 2 aliphatic heterocycles. The van der Waals surface area contributed by atoms with Gasteiger partial charge in [-0.2, -0.15) is 0 Å². The summed E-state index contributed by atoms with van der Waals surface area (Å²) in [5, 5.41) is 0. The first-order valence-electron chi connectivity index (χ1n) is 10.7. The van der Waals surface area contributed by atoms with Gasteiger partial charge in [0.2, 0.25) is 5.88 Å². The molecule has 3 aliphatic rings. The number of hydrogen-bond donors (Lipinski definition) is 0. The summed E-state index contributed by atoms with van der Waals surface area (Å²) in [6.07, 6.45) is 9.84. The van der Waals surface area contributed by atoms with Gasteiger partial charge in [-0.3, -0.25) is 9.78 Å². The molecule has 2 saturated heterocycles. The Kier molecular flexibility index (Phi) is 5.10. The maximum absolute atomic E-state index is 13.7. The Morgan fingerprint density at radius 3 is 2.58 bits per heavy atom. The number of carbonyl (C=O) groups excluding carboxylic acids is 1. The first-order valence-corrected chi connectivity index (χ1v) is 10.7. The first-order chi connectivity index (χ1) is 15.1. The third-order valence-electron chi connectivity index (χ3n) is 6.17. The molecule has 2 bridgehead atoms. The number of nitrogens with zero attached hydrogens (tertiary/aromatic N) is 5. The number of hydrogen-bond acceptors (Lipinski definition) is 6. The quantitative estimate of drug-likeness (QED) is 0.647. The molecule has 3 fully saturated rings. The van der Waals surface area contributed by atoms with E-state index in [0.29, 0.717) is 28.9 Å². The molecule has 0 aromatic carbocycles. The molecule has 6 rings (SSSR count). The summed E-state index contributed by atoms with van der Waals surface area (Å²) in [6.45, 7) is 4.69. The molecule has 31 heavy (non-hydrogen) atoms. The van der Waals surface area contributed by atoms with Crippen LogP contribution in [0.2, 0.25) is 0 Å². The van der Waals surface area contributed by atoms with Crippen LogP contribution in [0.25, 0.3) is 11.5 Å². The summed E-state index contributed by atoms with van der Waals surface area (Å²) in [6, 6.07) is 7.56. The van der Waals surface area contributed by atoms with Gasteiger partial charge in [0.25, 0.3) is 5.91 Å². The zero-order valence-electron chi connectivity index (χ0n) is 17.7. The Hall–Kier alpha value is -3.35. The lowest BCUT2D eigenvalue weighted by Crippen LogP contribution is -2.59. The van der Waals surface area contributed by atoms with Crippen LogP contribution < -0.4 is 4.74 Å². The molecule has 7 nitrogen and oxygen atoms in total. The Balaban J connectivity index is 1.44. The smallest absolute Gasteiger partial charge is 0.256 e. The van der Waals surface area contributed by atoms with Crippen LogP contribution >= 0.6 is 0 Å². The summed E-state index contributed by atoms with van der Waals surface area (Å²) in [5.74, 6) is 1.48. The minimum atomic E-state index is -0.0548. The van der Waals surface area contributed by atoms with Gasteiger partial charge in [-0.15, -0.1) is 0 Å². The number of pyridine rings is 2. The molecular formula is C24H25N5O2. The summed E-state index contributed by atoms with van der Waals surface area (Å²) in [7, 11) is 0. The number of ether oxygens (including phenoxy) is 1. The molecule has 1 saturated carbocycles. The largest absolute Gasteiger partial charge is 0.472 e. The van der Waals surface area contributed by atoms with E-state index in [1.807, 2.05) is 43.1 Å². The molecule has 0 spiro atoms. The van der Waals surface area contributed by atoms with Gasteiger partial charge in [0.05, 0.1) is 11.6 Å². The lowest BCUT2D eigenvalue weighted by atomic mass is 9.77. The molecule has 1 amide bonds. The topological polar surface area (TPSA) is 81.1 Å². The van der Waals surface area contributed by atoms with Gasteiger partial charge in [0, 0.05) is 37.4 Å². The molecule has 0 radical (unpaired) electrons. The molecule has 3 aromatic rings. The monoisotopic (exact) mass is 415 g/mol. The highest BCUT2D eigenvalue weighted by atomic mass is 16.5. The average molecular weight is 415 g/mol. The molecule has 3 aromatic heterocycles. The summed E-state index contributed by atoms with van der Waals surface area (Å²) >= 11 is 0. The summed E-state index contributed by atoms with van der Waals surface area (Å²) < 4.78 is 6.25. The fourth-order valence-electron chi connectivity index (χ4n) is 4.66. The Morgan fingerprint density at radius 1 is 1.03 bits per heavy atom. The number of piperidine rings is 2. The minimum Gasteiger partial charge on any atom is -0.472 e. The fraction of sp³-hybridized carbons (Fsp3) is 0.375. The van der Waals surface area contributed by atoms with Gasteiger partial charge in [-0.1, -0.05) is 6.07 Å². The highest BCUT2D eigenvalue weighted by Crippen LogP contribution is 2.38. The number of aryl methyl sites for hydroxylation is 2. The van der Waals surface area contributed by atoms with Crippen molar-refractivity contribution in [3.8, 4) is 17.4 Å². The van der Waals surface area contributed by atoms with Crippen molar-refractivity contribution >= 4 is 5.91 Å². The van der Waals surface area contributed by atoms with Crippen LogP contribution in [0.4, 0.5) is 0 Å². The highest BCUT2D eigenvalue weighted by Gasteiger charge is 2.45. The van der Waals surface area contributed by atoms with E-state index in [4.69, 9.17) is 4.74 Å². The van der Waals surface area contributed by atoms with E-state index >= 15 is 0 Å². The Labute approximate surface area is 181 Å². The van der Waals surface area contributed by atoms with E-state index in [-0.39, 0.29) is 18.1 Å². The van der Waals surface area contributed by atoms with Crippen molar-refractivity contribution in [2.24, 2.45) is 5.92 Å². The number of carbonyl (C=O) groups is 1. The van der Waals surface area contributed by atoms with Gasteiger partial charge in [-0.05, 0) is 62.3 Å². The molecule has 1 aliphatic carbocycles. The predicted octanol–water partition coefficient (Wildman–Crippen LogP) is 3.62. The number of amides is 1. The van der Waals surface area contributed by atoms with Crippen LogP contribution in [0.3, 0.4) is 0 Å². The van der Waals surface area contributed by atoms with Crippen molar-refractivity contribution in [1.82, 2.24) is 24.8 Å². The van der Waals surface area contributed by atoms with E-state index in [1.54, 1.807) is 24.7 Å². The van der Waals surface area contributed by atoms with Gasteiger partial charge < -0.3 is 9.64 Å². The first kappa shape index (κ1) is 19.6. The summed E-state index contributed by atoms with van der Waals surface area (Å²) in [4.78, 5) is 33.2. The van der Waals surface area contributed by atoms with Crippen LogP contribution in [0, 0.1) is 19.8 Å². The fourth-order valence-corrected chi connectivity index (χ4v) is 4.66. The second-order valence-corrected chi connectivity index (χ2v) is 8.52. The second kappa shape index (κ2) is 8.06. The predicted molar refractivity (Wildman–Crippen MR) is 116 cm³/mol. The van der Waals surface area contributed by atoms with Gasteiger partial charge in [0.1, 0.15) is 11.8 Å². The maximum Gasteiger partial charge on any atom is 0.256 e. The molecule has 158 valence electrons. The van der Waals surface area contributed by atoms with E-state index in [1.165, 1.54) is 0 Å². The summed E-state index contributed by atoms with van der Waals surface area (Å²) in [5.41, 5.74) is 3.10. The van der Waals surface area contributed by atoms with Crippen LogP contribution in [-0.4, -0.2) is 49.4 Å². The van der Waals surface area contributed by atoms with Crippen molar-refractivity contribution < 1.29 is 9.53 Å². The second-order valence-electron chi connectivity index (χ2n) is 8.52. The van der Waals surface area contributed by atoms with Crippen molar-refractivity contribution in [2.45, 2.75) is 45.3 Å². The average Bonchev–Trinajstić information content (AvgIpc) is 2.81. The molecular weight excluding hydrogens is 390 g/mol. The zero-order chi connectivity index (χ0) is 21.4. The Morgan fingerprint density at radius 2 is 1.84 bits per heavy atom. The van der Waals surface area contributed by atoms with E-state index in [0.717, 1.165) is 36.9 Å². The van der Waals surface area contributed by atoms with Gasteiger partial charge in [-0.25, -0.2) is 15.0 Å². The minimum absolute atomic E-state index is 0.0191. The third-order valence-corrected chi connectivity index (χ3v) is 6.17. The van der Waals surface area contributed by atoms with E-state index < -0.39 is 0 Å². The third kappa shape index (κ3) is 3.87. The highest BCUT2D eigenvalue weighted by molar-refractivity contribution is 5.99. The SMILES string of the molecule is Cc1ccc(O[C@@H]2C[C@@H]3CC[C@@H]2N(C(=O)c2cc(C)cnc2-c2ncccn2)C3)nc1. The molecule has 7 heteroatoms. The number of rotatable bonds is 4. The van der Waals surface area contributed by atoms with Crippen molar-refractivity contribution in [2.75, 3.05) is 6.54 Å². The Bertz CT molecular complexity index is 1090. The van der Waals surface area contributed by atoms with Crippen LogP contribution in [0.1, 0.15) is 40.7 Å². The standard InChI is InChI=1S/C24H25N5O2/c1-15-4-7-21(27-12-15)31-20-11-17-5-6-19(20)29(14-17)24(30)18-10-16(2)13-28-22(18)23-25-8-3-9-26-23/h3-4,7-10,12-13,17,19-20H,5-6,11,14H2,1-2H3/t17-,19-,20+/m0/s1. The van der Waals surface area contributed by atoms with Crippen molar-refractivity contribution in [3.05, 3.63) is 65.7 Å². The van der Waals surface area contributed by atoms with Gasteiger partial charge >= 0.3 is 0 Å². The van der Waals surface area contributed by atoms with Crippen molar-refractivity contribution in [3.63, 3.8) is 0 Å². The molecule has 5 heterocycles. The maximum atomic E-state index is 13.7. The number of aromatic nitrogens is 4. The molecule has 3 atom stereocenters. The lowest BCUT2D eigenvalue weighted by molar-refractivity contribution is -0.0313. The number of fused-ring (bicyclic) bond motifs is 3. The van der Waals surface area contributed by atoms with E-state index in [9.17, 15) is 4.79 Å². The zero-order valence-corrected chi connectivity index (χ0v) is 17.7. The van der Waals surface area contributed by atoms with Crippen LogP contribution in [0.15, 0.2) is 49.1 Å². The normalized spacial score (nSPS) is 22.4.